The Hall–Kier alpha value is -3.27. The van der Waals surface area contributed by atoms with Gasteiger partial charge in [-0.3, -0.25) is 0 Å². The van der Waals surface area contributed by atoms with Gasteiger partial charge in [-0.25, -0.2) is 4.79 Å². The van der Waals surface area contributed by atoms with E-state index >= 15 is 0 Å². The Kier molecular flexibility index (Phi) is 5.80. The van der Waals surface area contributed by atoms with Gasteiger partial charge in [-0.15, -0.1) is 0 Å². The third-order valence-electron chi connectivity index (χ3n) is 5.39. The molecule has 0 aromatic heterocycles. The van der Waals surface area contributed by atoms with Crippen LogP contribution >= 0.6 is 0 Å². The summed E-state index contributed by atoms with van der Waals surface area (Å²) < 4.78 is 10.9. The van der Waals surface area contributed by atoms with E-state index in [-0.39, 0.29) is 18.7 Å². The van der Waals surface area contributed by atoms with Gasteiger partial charge in [-0.1, -0.05) is 66.7 Å². The second-order valence-electron chi connectivity index (χ2n) is 7.33. The fourth-order valence-electron chi connectivity index (χ4n) is 3.86. The van der Waals surface area contributed by atoms with Crippen molar-refractivity contribution in [1.29, 1.82) is 0 Å². The molecule has 1 aliphatic carbocycles. The van der Waals surface area contributed by atoms with Crippen molar-refractivity contribution in [3.05, 3.63) is 89.5 Å². The van der Waals surface area contributed by atoms with E-state index in [2.05, 4.69) is 29.6 Å². The molecule has 0 fully saturated rings. The van der Waals surface area contributed by atoms with Crippen LogP contribution in [0.2, 0.25) is 0 Å². The first-order valence-corrected chi connectivity index (χ1v) is 9.95. The highest BCUT2D eigenvalue weighted by molar-refractivity contribution is 5.72. The van der Waals surface area contributed by atoms with Gasteiger partial charge in [0.1, 0.15) is 12.4 Å². The third kappa shape index (κ3) is 4.60. The highest BCUT2D eigenvalue weighted by atomic mass is 16.5. The first kappa shape index (κ1) is 19.1. The molecule has 148 valence electrons. The zero-order valence-corrected chi connectivity index (χ0v) is 16.6. The van der Waals surface area contributed by atoms with Gasteiger partial charge >= 0.3 is 6.09 Å². The van der Waals surface area contributed by atoms with Gasteiger partial charge in [0.05, 0.1) is 7.11 Å². The van der Waals surface area contributed by atoms with E-state index in [1.807, 2.05) is 48.5 Å². The maximum Gasteiger partial charge on any atom is 0.407 e. The van der Waals surface area contributed by atoms with Crippen LogP contribution in [0.5, 0.6) is 5.75 Å². The molecular formula is C25H25NO3. The van der Waals surface area contributed by atoms with Crippen molar-refractivity contribution in [2.45, 2.75) is 31.9 Å². The number of rotatable bonds is 5. The lowest BCUT2D eigenvalue weighted by molar-refractivity contribution is 0.134. The number of amides is 1. The van der Waals surface area contributed by atoms with E-state index in [1.54, 1.807) is 7.11 Å². The molecule has 0 radical (unpaired) electrons. The SMILES string of the molecule is COc1ccccc1-c1ccc2c(c1)C[C@@H](NC(=O)OCc1ccccc1)CC2. The van der Waals surface area contributed by atoms with Gasteiger partial charge in [0, 0.05) is 11.6 Å². The Morgan fingerprint density at radius 1 is 1.00 bits per heavy atom. The van der Waals surface area contributed by atoms with Gasteiger partial charge in [-0.05, 0) is 47.6 Å². The molecule has 4 nitrogen and oxygen atoms in total. The van der Waals surface area contributed by atoms with Crippen LogP contribution in [0.1, 0.15) is 23.1 Å². The number of hydrogen-bond donors (Lipinski definition) is 1. The van der Waals surface area contributed by atoms with Gasteiger partial charge in [0.2, 0.25) is 0 Å². The Bertz CT molecular complexity index is 984. The van der Waals surface area contributed by atoms with Crippen molar-refractivity contribution >= 4 is 6.09 Å². The second-order valence-corrected chi connectivity index (χ2v) is 7.33. The lowest BCUT2D eigenvalue weighted by Crippen LogP contribution is -2.39. The third-order valence-corrected chi connectivity index (χ3v) is 5.39. The molecule has 1 aliphatic rings. The van der Waals surface area contributed by atoms with Crippen LogP contribution in [0, 0.1) is 0 Å². The predicted molar refractivity (Wildman–Crippen MR) is 114 cm³/mol. The molecule has 0 spiro atoms. The zero-order valence-electron chi connectivity index (χ0n) is 16.6. The van der Waals surface area contributed by atoms with Crippen LogP contribution < -0.4 is 10.1 Å². The second kappa shape index (κ2) is 8.82. The quantitative estimate of drug-likeness (QED) is 0.659. The fraction of sp³-hybridized carbons (Fsp3) is 0.240. The lowest BCUT2D eigenvalue weighted by atomic mass is 9.86. The summed E-state index contributed by atoms with van der Waals surface area (Å²) in [5, 5.41) is 3.03. The van der Waals surface area contributed by atoms with Crippen LogP contribution in [-0.2, 0) is 24.2 Å². The number of carbonyl (C=O) groups is 1. The molecule has 1 atom stereocenters. The van der Waals surface area contributed by atoms with Crippen molar-refractivity contribution in [2.75, 3.05) is 7.11 Å². The van der Waals surface area contributed by atoms with Crippen LogP contribution in [0.25, 0.3) is 11.1 Å². The van der Waals surface area contributed by atoms with Crippen molar-refractivity contribution in [2.24, 2.45) is 0 Å². The minimum absolute atomic E-state index is 0.0821. The number of aryl methyl sites for hydroxylation is 1. The van der Waals surface area contributed by atoms with Crippen LogP contribution in [0.4, 0.5) is 4.79 Å². The molecule has 4 heteroatoms. The first-order chi connectivity index (χ1) is 14.2. The molecule has 29 heavy (non-hydrogen) atoms. The number of fused-ring (bicyclic) bond motifs is 1. The molecule has 0 saturated carbocycles. The summed E-state index contributed by atoms with van der Waals surface area (Å²) in [5.41, 5.74) is 5.81. The van der Waals surface area contributed by atoms with E-state index in [9.17, 15) is 4.79 Å². The minimum atomic E-state index is -0.358. The highest BCUT2D eigenvalue weighted by Crippen LogP contribution is 2.33. The molecule has 3 aromatic carbocycles. The minimum Gasteiger partial charge on any atom is -0.496 e. The standard InChI is InChI=1S/C25H25NO3/c1-28-24-10-6-5-9-23(24)20-12-11-19-13-14-22(16-21(19)15-20)26-25(27)29-17-18-7-3-2-4-8-18/h2-12,15,22H,13-14,16-17H2,1H3,(H,26,27)/t22-/m0/s1. The normalized spacial score (nSPS) is 15.3. The molecule has 3 aromatic rings. The summed E-state index contributed by atoms with van der Waals surface area (Å²) >= 11 is 0. The lowest BCUT2D eigenvalue weighted by Gasteiger charge is -2.26. The summed E-state index contributed by atoms with van der Waals surface area (Å²) in [7, 11) is 1.69. The van der Waals surface area contributed by atoms with Gasteiger partial charge < -0.3 is 14.8 Å². The molecule has 0 saturated heterocycles. The van der Waals surface area contributed by atoms with E-state index in [1.165, 1.54) is 11.1 Å². The van der Waals surface area contributed by atoms with Gasteiger partial charge in [-0.2, -0.15) is 0 Å². The summed E-state index contributed by atoms with van der Waals surface area (Å²) in [6.45, 7) is 0.286. The van der Waals surface area contributed by atoms with Crippen molar-refractivity contribution in [1.82, 2.24) is 5.32 Å². The van der Waals surface area contributed by atoms with E-state index in [0.717, 1.165) is 41.7 Å². The van der Waals surface area contributed by atoms with E-state index in [0.29, 0.717) is 0 Å². The molecule has 0 bridgehead atoms. The Morgan fingerprint density at radius 3 is 2.62 bits per heavy atom. The summed E-state index contributed by atoms with van der Waals surface area (Å²) in [6, 6.07) is 24.4. The number of hydrogen-bond acceptors (Lipinski definition) is 3. The average molecular weight is 387 g/mol. The van der Waals surface area contributed by atoms with Gasteiger partial charge in [0.15, 0.2) is 0 Å². The molecule has 4 rings (SSSR count). The number of alkyl carbamates (subject to hydrolysis) is 1. The Morgan fingerprint density at radius 2 is 1.79 bits per heavy atom. The topological polar surface area (TPSA) is 47.6 Å². The predicted octanol–water partition coefficient (Wildman–Crippen LogP) is 5.15. The van der Waals surface area contributed by atoms with Crippen molar-refractivity contribution in [3.8, 4) is 16.9 Å². The number of methoxy groups -OCH3 is 1. The number of nitrogens with one attached hydrogen (secondary N) is 1. The van der Waals surface area contributed by atoms with Crippen LogP contribution in [-0.4, -0.2) is 19.2 Å². The van der Waals surface area contributed by atoms with E-state index < -0.39 is 0 Å². The summed E-state index contributed by atoms with van der Waals surface area (Å²) in [4.78, 5) is 12.2. The molecular weight excluding hydrogens is 362 g/mol. The monoisotopic (exact) mass is 387 g/mol. The van der Waals surface area contributed by atoms with Crippen molar-refractivity contribution < 1.29 is 14.3 Å². The van der Waals surface area contributed by atoms with Gasteiger partial charge in [0.25, 0.3) is 0 Å². The molecule has 0 unspecified atom stereocenters. The highest BCUT2D eigenvalue weighted by Gasteiger charge is 2.21. The number of benzene rings is 3. The first-order valence-electron chi connectivity index (χ1n) is 9.95. The van der Waals surface area contributed by atoms with Crippen LogP contribution in [0.3, 0.4) is 0 Å². The Balaban J connectivity index is 1.42. The Labute approximate surface area is 171 Å². The van der Waals surface area contributed by atoms with Crippen molar-refractivity contribution in [3.63, 3.8) is 0 Å². The van der Waals surface area contributed by atoms with E-state index in [4.69, 9.17) is 9.47 Å². The molecule has 0 heterocycles. The molecule has 1 N–H and O–H groups in total. The molecule has 0 aliphatic heterocycles. The number of ether oxygens (including phenoxy) is 2. The van der Waals surface area contributed by atoms with Crippen LogP contribution in [0.15, 0.2) is 72.8 Å². The molecule has 1 amide bonds. The maximum absolute atomic E-state index is 12.2. The fourth-order valence-corrected chi connectivity index (χ4v) is 3.86. The number of carbonyl (C=O) groups excluding carboxylic acids is 1. The summed E-state index contributed by atoms with van der Waals surface area (Å²) in [5.74, 6) is 0.863. The summed E-state index contributed by atoms with van der Waals surface area (Å²) in [6.07, 6.45) is 2.31. The maximum atomic E-state index is 12.2. The average Bonchev–Trinajstić information content (AvgIpc) is 2.78. The zero-order chi connectivity index (χ0) is 20.1. The largest absolute Gasteiger partial charge is 0.496 e. The smallest absolute Gasteiger partial charge is 0.407 e. The number of para-hydroxylation sites is 1.